The van der Waals surface area contributed by atoms with Crippen LogP contribution < -0.4 is 9.80 Å². The number of hydrogen-bond acceptors (Lipinski definition) is 6. The largest absolute Gasteiger partial charge is 0.364 e. The van der Waals surface area contributed by atoms with Gasteiger partial charge in [0.15, 0.2) is 0 Å². The molecule has 4 rings (SSSR count). The van der Waals surface area contributed by atoms with Gasteiger partial charge in [0.05, 0.1) is 12.1 Å². The van der Waals surface area contributed by atoms with Crippen LogP contribution in [0.1, 0.15) is 0 Å². The second-order valence-corrected chi connectivity index (χ2v) is 6.10. The van der Waals surface area contributed by atoms with Gasteiger partial charge in [-0.3, -0.25) is 4.79 Å². The van der Waals surface area contributed by atoms with Crippen molar-refractivity contribution in [2.24, 2.45) is 0 Å². The van der Waals surface area contributed by atoms with E-state index in [-0.39, 0.29) is 30.5 Å². The molecule has 3 heterocycles. The molecule has 2 saturated heterocycles. The fourth-order valence-electron chi connectivity index (χ4n) is 3.02. The number of benzene rings is 1. The SMILES string of the molecule is O=C1CO[C@@H]2CN(c3nncs3)C[C@H]2N1c1cccc(F)c1. The molecule has 2 fully saturated rings. The van der Waals surface area contributed by atoms with Gasteiger partial charge in [-0.05, 0) is 18.2 Å². The number of nitrogens with zero attached hydrogens (tertiary/aromatic N) is 4. The Morgan fingerprint density at radius 2 is 2.27 bits per heavy atom. The van der Waals surface area contributed by atoms with Gasteiger partial charge in [-0.1, -0.05) is 17.4 Å². The highest BCUT2D eigenvalue weighted by atomic mass is 32.1. The van der Waals surface area contributed by atoms with Gasteiger partial charge in [0.2, 0.25) is 5.13 Å². The van der Waals surface area contributed by atoms with E-state index >= 15 is 0 Å². The van der Waals surface area contributed by atoms with E-state index in [0.29, 0.717) is 18.8 Å². The lowest BCUT2D eigenvalue weighted by Crippen LogP contribution is -2.54. The second kappa shape index (κ2) is 5.29. The number of carbonyl (C=O) groups excluding carboxylic acids is 1. The van der Waals surface area contributed by atoms with Crippen molar-refractivity contribution < 1.29 is 13.9 Å². The monoisotopic (exact) mass is 320 g/mol. The molecule has 0 N–H and O–H groups in total. The minimum Gasteiger partial charge on any atom is -0.364 e. The number of hydrogen-bond donors (Lipinski definition) is 0. The minimum absolute atomic E-state index is 0.0155. The summed E-state index contributed by atoms with van der Waals surface area (Å²) < 4.78 is 19.2. The molecule has 0 radical (unpaired) electrons. The van der Waals surface area contributed by atoms with Crippen LogP contribution in [-0.4, -0.2) is 47.9 Å². The van der Waals surface area contributed by atoms with Crippen LogP contribution in [0.4, 0.5) is 15.2 Å². The zero-order valence-corrected chi connectivity index (χ0v) is 12.4. The second-order valence-electron chi connectivity index (χ2n) is 5.29. The van der Waals surface area contributed by atoms with Gasteiger partial charge in [-0.2, -0.15) is 0 Å². The Hall–Kier alpha value is -2.06. The maximum absolute atomic E-state index is 13.5. The summed E-state index contributed by atoms with van der Waals surface area (Å²) in [5.41, 5.74) is 2.25. The molecule has 1 aromatic carbocycles. The Morgan fingerprint density at radius 1 is 1.36 bits per heavy atom. The van der Waals surface area contributed by atoms with Crippen molar-refractivity contribution in [2.75, 3.05) is 29.5 Å². The van der Waals surface area contributed by atoms with Gasteiger partial charge in [0.25, 0.3) is 5.91 Å². The van der Waals surface area contributed by atoms with Crippen LogP contribution in [0.15, 0.2) is 29.8 Å². The number of aromatic nitrogens is 2. The van der Waals surface area contributed by atoms with Crippen LogP contribution in [-0.2, 0) is 9.53 Å². The normalized spacial score (nSPS) is 24.7. The molecular formula is C14H13FN4O2S. The molecular weight excluding hydrogens is 307 g/mol. The highest BCUT2D eigenvalue weighted by Crippen LogP contribution is 2.31. The number of carbonyl (C=O) groups is 1. The Balaban J connectivity index is 1.65. The average molecular weight is 320 g/mol. The first-order valence-electron chi connectivity index (χ1n) is 6.93. The number of fused-ring (bicyclic) bond motifs is 1. The van der Waals surface area contributed by atoms with E-state index in [9.17, 15) is 9.18 Å². The quantitative estimate of drug-likeness (QED) is 0.835. The molecule has 1 aromatic heterocycles. The maximum Gasteiger partial charge on any atom is 0.253 e. The van der Waals surface area contributed by atoms with Gasteiger partial charge in [-0.15, -0.1) is 10.2 Å². The Morgan fingerprint density at radius 3 is 3.05 bits per heavy atom. The zero-order valence-electron chi connectivity index (χ0n) is 11.6. The van der Waals surface area contributed by atoms with Gasteiger partial charge in [-0.25, -0.2) is 4.39 Å². The number of rotatable bonds is 2. The van der Waals surface area contributed by atoms with Gasteiger partial charge >= 0.3 is 0 Å². The highest BCUT2D eigenvalue weighted by molar-refractivity contribution is 7.13. The zero-order chi connectivity index (χ0) is 15.1. The van der Waals surface area contributed by atoms with Crippen molar-refractivity contribution in [1.29, 1.82) is 0 Å². The predicted molar refractivity (Wildman–Crippen MR) is 79.5 cm³/mol. The van der Waals surface area contributed by atoms with Crippen LogP contribution in [0.5, 0.6) is 0 Å². The molecule has 0 spiro atoms. The van der Waals surface area contributed by atoms with Gasteiger partial charge in [0, 0.05) is 18.8 Å². The maximum atomic E-state index is 13.5. The lowest BCUT2D eigenvalue weighted by molar-refractivity contribution is -0.130. The first-order chi connectivity index (χ1) is 10.7. The summed E-state index contributed by atoms with van der Waals surface area (Å²) in [6, 6.07) is 5.96. The summed E-state index contributed by atoms with van der Waals surface area (Å²) in [7, 11) is 0. The summed E-state index contributed by atoms with van der Waals surface area (Å²) in [4.78, 5) is 16.0. The standard InChI is InChI=1S/C14H13FN4O2S/c15-9-2-1-3-10(4-9)19-11-5-18(14-17-16-8-22-14)6-12(11)21-7-13(19)20/h1-4,8,11-12H,5-7H2/t11-,12-/m1/s1. The first kappa shape index (κ1) is 13.6. The van der Waals surface area contributed by atoms with Crippen molar-refractivity contribution in [3.05, 3.63) is 35.6 Å². The number of morpholine rings is 1. The molecule has 0 saturated carbocycles. The lowest BCUT2D eigenvalue weighted by atomic mass is 10.1. The van der Waals surface area contributed by atoms with E-state index in [4.69, 9.17) is 4.74 Å². The summed E-state index contributed by atoms with van der Waals surface area (Å²) in [6.07, 6.45) is -0.107. The Labute approximate surface area is 130 Å². The van der Waals surface area contributed by atoms with Crippen LogP contribution in [0, 0.1) is 5.82 Å². The molecule has 6 nitrogen and oxygen atoms in total. The number of halogens is 1. The third-order valence-corrected chi connectivity index (χ3v) is 4.71. The summed E-state index contributed by atoms with van der Waals surface area (Å²) in [6.45, 7) is 1.27. The predicted octanol–water partition coefficient (Wildman–Crippen LogP) is 1.30. The minimum atomic E-state index is -0.354. The molecule has 0 bridgehead atoms. The Kier molecular flexibility index (Phi) is 3.27. The topological polar surface area (TPSA) is 58.6 Å². The molecule has 8 heteroatoms. The molecule has 0 unspecified atom stereocenters. The number of anilines is 2. The van der Waals surface area contributed by atoms with Crippen molar-refractivity contribution in [3.63, 3.8) is 0 Å². The van der Waals surface area contributed by atoms with E-state index in [1.165, 1.54) is 23.5 Å². The fourth-order valence-corrected chi connectivity index (χ4v) is 3.60. The van der Waals surface area contributed by atoms with Crippen LogP contribution in [0.2, 0.25) is 0 Å². The molecule has 114 valence electrons. The van der Waals surface area contributed by atoms with E-state index in [1.807, 2.05) is 0 Å². The fraction of sp³-hybridized carbons (Fsp3) is 0.357. The van der Waals surface area contributed by atoms with Crippen molar-refractivity contribution >= 4 is 28.1 Å². The first-order valence-corrected chi connectivity index (χ1v) is 7.80. The summed E-state index contributed by atoms with van der Waals surface area (Å²) in [5, 5.41) is 8.72. The third-order valence-electron chi connectivity index (χ3n) is 3.96. The molecule has 2 atom stereocenters. The summed E-state index contributed by atoms with van der Waals surface area (Å²) in [5.74, 6) is -0.502. The molecule has 22 heavy (non-hydrogen) atoms. The van der Waals surface area contributed by atoms with Gasteiger partial charge in [0.1, 0.15) is 17.9 Å². The molecule has 2 aliphatic heterocycles. The van der Waals surface area contributed by atoms with Crippen LogP contribution in [0.25, 0.3) is 0 Å². The third kappa shape index (κ3) is 2.24. The van der Waals surface area contributed by atoms with Crippen molar-refractivity contribution in [3.8, 4) is 0 Å². The lowest BCUT2D eigenvalue weighted by Gasteiger charge is -2.36. The molecule has 0 aliphatic carbocycles. The van der Waals surface area contributed by atoms with Crippen LogP contribution in [0.3, 0.4) is 0 Å². The van der Waals surface area contributed by atoms with Crippen molar-refractivity contribution in [1.82, 2.24) is 10.2 Å². The number of ether oxygens (including phenoxy) is 1. The van der Waals surface area contributed by atoms with E-state index in [1.54, 1.807) is 22.5 Å². The molecule has 2 aliphatic rings. The van der Waals surface area contributed by atoms with E-state index in [2.05, 4.69) is 15.1 Å². The van der Waals surface area contributed by atoms with Crippen molar-refractivity contribution in [2.45, 2.75) is 12.1 Å². The average Bonchev–Trinajstić information content (AvgIpc) is 3.15. The Bertz CT molecular complexity index is 696. The van der Waals surface area contributed by atoms with Crippen LogP contribution >= 0.6 is 11.3 Å². The number of amides is 1. The highest BCUT2D eigenvalue weighted by Gasteiger charge is 2.44. The molecule has 2 aromatic rings. The summed E-state index contributed by atoms with van der Waals surface area (Å²) >= 11 is 1.45. The van der Waals surface area contributed by atoms with E-state index in [0.717, 1.165) is 5.13 Å². The van der Waals surface area contributed by atoms with E-state index < -0.39 is 0 Å². The van der Waals surface area contributed by atoms with Gasteiger partial charge < -0.3 is 14.5 Å². The smallest absolute Gasteiger partial charge is 0.253 e. The molecule has 1 amide bonds.